The second-order valence-electron chi connectivity index (χ2n) is 2.91. The first kappa shape index (κ1) is 10.3. The maximum Gasteiger partial charge on any atom is 0.159 e. The minimum Gasteiger partial charge on any atom is -0.487 e. The Labute approximate surface area is 83.2 Å². The summed E-state index contributed by atoms with van der Waals surface area (Å²) in [5.74, 6) is 0.571. The Morgan fingerprint density at radius 2 is 2.36 bits per heavy atom. The fourth-order valence-corrected chi connectivity index (χ4v) is 1.05. The van der Waals surface area contributed by atoms with Gasteiger partial charge in [0, 0.05) is 5.56 Å². The molecule has 0 aliphatic rings. The lowest BCUT2D eigenvalue weighted by Gasteiger charge is -2.07. The zero-order valence-electron chi connectivity index (χ0n) is 8.12. The van der Waals surface area contributed by atoms with Gasteiger partial charge in [-0.25, -0.2) is 0 Å². The van der Waals surface area contributed by atoms with E-state index < -0.39 is 0 Å². The monoisotopic (exact) mass is 191 g/mol. The number of hydrogen-bond acceptors (Lipinski definition) is 3. The Bertz CT molecular complexity index is 358. The van der Waals surface area contributed by atoms with Gasteiger partial charge in [-0.05, 0) is 25.1 Å². The molecule has 0 saturated heterocycles. The summed E-state index contributed by atoms with van der Waals surface area (Å²) in [4.78, 5) is 11.0. The maximum atomic E-state index is 11.0. The predicted molar refractivity (Wildman–Crippen MR) is 56.6 cm³/mol. The molecule has 0 spiro atoms. The lowest BCUT2D eigenvalue weighted by atomic mass is 10.1. The highest BCUT2D eigenvalue weighted by Gasteiger charge is 2.04. The average molecular weight is 191 g/mol. The van der Waals surface area contributed by atoms with Crippen LogP contribution in [0.3, 0.4) is 0 Å². The fourth-order valence-electron chi connectivity index (χ4n) is 1.05. The van der Waals surface area contributed by atoms with Gasteiger partial charge in [0.15, 0.2) is 5.78 Å². The van der Waals surface area contributed by atoms with Crippen LogP contribution in [-0.2, 0) is 0 Å². The van der Waals surface area contributed by atoms with E-state index in [1.165, 1.54) is 6.92 Å². The van der Waals surface area contributed by atoms with Gasteiger partial charge in [0.05, 0.1) is 5.69 Å². The van der Waals surface area contributed by atoms with Crippen LogP contribution in [0.4, 0.5) is 5.69 Å². The van der Waals surface area contributed by atoms with Crippen LogP contribution in [0.1, 0.15) is 17.3 Å². The number of Topliss-reactive ketones (excluding diaryl/α,β-unsaturated/α-hetero) is 1. The summed E-state index contributed by atoms with van der Waals surface area (Å²) in [6, 6.07) is 4.99. The van der Waals surface area contributed by atoms with Crippen molar-refractivity contribution >= 4 is 11.5 Å². The molecule has 2 N–H and O–H groups in total. The first-order valence-electron chi connectivity index (χ1n) is 4.29. The molecular formula is C11H13NO2. The van der Waals surface area contributed by atoms with Gasteiger partial charge >= 0.3 is 0 Å². The quantitative estimate of drug-likeness (QED) is 0.450. The number of carbonyl (C=O) groups is 1. The summed E-state index contributed by atoms with van der Waals surface area (Å²) in [6.07, 6.45) is 1.64. The number of ketones is 1. The maximum absolute atomic E-state index is 11.0. The summed E-state index contributed by atoms with van der Waals surface area (Å²) in [5, 5.41) is 0. The van der Waals surface area contributed by atoms with Crippen molar-refractivity contribution in [2.24, 2.45) is 0 Å². The van der Waals surface area contributed by atoms with Gasteiger partial charge in [-0.15, -0.1) is 0 Å². The highest BCUT2D eigenvalue weighted by molar-refractivity contribution is 5.95. The SMILES string of the molecule is C=CCOc1ccc(C(C)=O)cc1N. The second kappa shape index (κ2) is 4.46. The highest BCUT2D eigenvalue weighted by Crippen LogP contribution is 2.22. The number of ether oxygens (including phenoxy) is 1. The molecule has 0 atom stereocenters. The molecule has 0 fully saturated rings. The van der Waals surface area contributed by atoms with Crippen LogP contribution in [0.25, 0.3) is 0 Å². The van der Waals surface area contributed by atoms with E-state index in [0.717, 1.165) is 0 Å². The zero-order chi connectivity index (χ0) is 10.6. The molecule has 0 aromatic heterocycles. The number of benzene rings is 1. The number of rotatable bonds is 4. The Morgan fingerprint density at radius 3 is 2.86 bits per heavy atom. The molecule has 14 heavy (non-hydrogen) atoms. The van der Waals surface area contributed by atoms with Crippen LogP contribution in [0.2, 0.25) is 0 Å². The molecule has 1 aromatic rings. The molecule has 1 rings (SSSR count). The van der Waals surface area contributed by atoms with Crippen molar-refractivity contribution in [2.45, 2.75) is 6.92 Å². The lowest BCUT2D eigenvalue weighted by Crippen LogP contribution is -2.00. The molecule has 0 amide bonds. The third kappa shape index (κ3) is 2.36. The summed E-state index contributed by atoms with van der Waals surface area (Å²) in [7, 11) is 0. The van der Waals surface area contributed by atoms with Crippen LogP contribution in [-0.4, -0.2) is 12.4 Å². The lowest BCUT2D eigenvalue weighted by molar-refractivity contribution is 0.101. The largest absolute Gasteiger partial charge is 0.487 e. The van der Waals surface area contributed by atoms with E-state index >= 15 is 0 Å². The summed E-state index contributed by atoms with van der Waals surface area (Å²) >= 11 is 0. The van der Waals surface area contributed by atoms with Crippen molar-refractivity contribution < 1.29 is 9.53 Å². The number of nitrogens with two attached hydrogens (primary N) is 1. The zero-order valence-corrected chi connectivity index (χ0v) is 8.12. The van der Waals surface area contributed by atoms with Crippen molar-refractivity contribution in [3.63, 3.8) is 0 Å². The molecule has 3 nitrogen and oxygen atoms in total. The fraction of sp³-hybridized carbons (Fsp3) is 0.182. The van der Waals surface area contributed by atoms with E-state index in [-0.39, 0.29) is 5.78 Å². The normalized spacial score (nSPS) is 9.50. The second-order valence-corrected chi connectivity index (χ2v) is 2.91. The Morgan fingerprint density at radius 1 is 1.64 bits per heavy atom. The third-order valence-electron chi connectivity index (χ3n) is 1.77. The number of carbonyl (C=O) groups excluding carboxylic acids is 1. The number of hydrogen-bond donors (Lipinski definition) is 1. The Kier molecular flexibility index (Phi) is 3.29. The van der Waals surface area contributed by atoms with Crippen LogP contribution in [0.5, 0.6) is 5.75 Å². The predicted octanol–water partition coefficient (Wildman–Crippen LogP) is 2.04. The van der Waals surface area contributed by atoms with Crippen LogP contribution in [0, 0.1) is 0 Å². The summed E-state index contributed by atoms with van der Waals surface area (Å²) in [6.45, 7) is 5.44. The van der Waals surface area contributed by atoms with Crippen molar-refractivity contribution in [3.8, 4) is 5.75 Å². The molecule has 0 radical (unpaired) electrons. The summed E-state index contributed by atoms with van der Waals surface area (Å²) in [5.41, 5.74) is 6.75. The van der Waals surface area contributed by atoms with E-state index in [0.29, 0.717) is 23.6 Å². The smallest absolute Gasteiger partial charge is 0.159 e. The Hall–Kier alpha value is -1.77. The van der Waals surface area contributed by atoms with Gasteiger partial charge in [0.2, 0.25) is 0 Å². The molecule has 0 unspecified atom stereocenters. The topological polar surface area (TPSA) is 52.3 Å². The molecule has 0 aliphatic heterocycles. The minimum atomic E-state index is -0.00743. The van der Waals surface area contributed by atoms with Crippen molar-refractivity contribution in [1.29, 1.82) is 0 Å². The number of nitrogen functional groups attached to an aromatic ring is 1. The molecule has 0 saturated carbocycles. The van der Waals surface area contributed by atoms with E-state index in [2.05, 4.69) is 6.58 Å². The van der Waals surface area contributed by atoms with Crippen molar-refractivity contribution in [2.75, 3.05) is 12.3 Å². The van der Waals surface area contributed by atoms with E-state index in [4.69, 9.17) is 10.5 Å². The molecule has 1 aromatic carbocycles. The van der Waals surface area contributed by atoms with Gasteiger partial charge in [0.25, 0.3) is 0 Å². The number of anilines is 1. The van der Waals surface area contributed by atoms with Gasteiger partial charge < -0.3 is 10.5 Å². The van der Waals surface area contributed by atoms with Crippen LogP contribution >= 0.6 is 0 Å². The molecule has 0 bridgehead atoms. The molecular weight excluding hydrogens is 178 g/mol. The van der Waals surface area contributed by atoms with E-state index in [1.54, 1.807) is 24.3 Å². The van der Waals surface area contributed by atoms with Gasteiger partial charge in [-0.2, -0.15) is 0 Å². The minimum absolute atomic E-state index is 0.00743. The molecule has 74 valence electrons. The third-order valence-corrected chi connectivity index (χ3v) is 1.77. The highest BCUT2D eigenvalue weighted by atomic mass is 16.5. The first-order chi connectivity index (χ1) is 6.65. The molecule has 0 heterocycles. The molecule has 3 heteroatoms. The van der Waals surface area contributed by atoms with Crippen molar-refractivity contribution in [1.82, 2.24) is 0 Å². The van der Waals surface area contributed by atoms with Gasteiger partial charge in [-0.3, -0.25) is 4.79 Å². The van der Waals surface area contributed by atoms with Gasteiger partial charge in [0.1, 0.15) is 12.4 Å². The molecule has 0 aliphatic carbocycles. The van der Waals surface area contributed by atoms with Crippen LogP contribution < -0.4 is 10.5 Å². The van der Waals surface area contributed by atoms with Crippen molar-refractivity contribution in [3.05, 3.63) is 36.4 Å². The first-order valence-corrected chi connectivity index (χ1v) is 4.29. The summed E-state index contributed by atoms with van der Waals surface area (Å²) < 4.78 is 5.27. The van der Waals surface area contributed by atoms with Crippen LogP contribution in [0.15, 0.2) is 30.9 Å². The average Bonchev–Trinajstić information content (AvgIpc) is 2.15. The Balaban J connectivity index is 2.89. The van der Waals surface area contributed by atoms with E-state index in [9.17, 15) is 4.79 Å². The van der Waals surface area contributed by atoms with Gasteiger partial charge in [-0.1, -0.05) is 12.7 Å². The standard InChI is InChI=1S/C11H13NO2/c1-3-6-14-11-5-4-9(8(2)13)7-10(11)12/h3-5,7H,1,6,12H2,2H3. The van der Waals surface area contributed by atoms with E-state index in [1.807, 2.05) is 0 Å².